The van der Waals surface area contributed by atoms with Crippen molar-refractivity contribution in [2.45, 2.75) is 50.5 Å². The molecular weight excluding hydrogens is 526 g/mol. The molecule has 3 aromatic rings. The van der Waals surface area contributed by atoms with Crippen LogP contribution in [0.1, 0.15) is 53.9 Å². The predicted molar refractivity (Wildman–Crippen MR) is 131 cm³/mol. The van der Waals surface area contributed by atoms with Crippen molar-refractivity contribution in [3.63, 3.8) is 0 Å². The molecule has 2 fully saturated rings. The average Bonchev–Trinajstić information content (AvgIpc) is 3.57. The molecule has 1 amide bonds. The van der Waals surface area contributed by atoms with E-state index in [4.69, 9.17) is 0 Å². The van der Waals surface area contributed by atoms with Crippen LogP contribution >= 0.6 is 0 Å². The fraction of sp³-hybridized carbons (Fsp3) is 0.444. The number of hydrogen-bond acceptors (Lipinski definition) is 4. The molecule has 0 radical (unpaired) electrons. The third-order valence-electron chi connectivity index (χ3n) is 7.68. The molecule has 0 bridgehead atoms. The van der Waals surface area contributed by atoms with Crippen molar-refractivity contribution in [3.8, 4) is 0 Å². The van der Waals surface area contributed by atoms with E-state index in [0.717, 1.165) is 18.4 Å². The zero-order valence-electron chi connectivity index (χ0n) is 20.7. The number of hydrogen-bond donors (Lipinski definition) is 3. The third-order valence-corrected chi connectivity index (χ3v) is 7.68. The lowest BCUT2D eigenvalue weighted by Gasteiger charge is -2.36. The van der Waals surface area contributed by atoms with Gasteiger partial charge in [0.2, 0.25) is 5.91 Å². The normalized spacial score (nSPS) is 20.8. The molecule has 39 heavy (non-hydrogen) atoms. The maximum Gasteiger partial charge on any atom is 0.416 e. The number of nitrogens with one attached hydrogen (secondary N) is 3. The maximum absolute atomic E-state index is 13.8. The zero-order chi connectivity index (χ0) is 28.0. The number of benzene rings is 2. The molecule has 12 heteroatoms. The van der Waals surface area contributed by atoms with Gasteiger partial charge in [0.05, 0.1) is 33.8 Å². The molecule has 0 spiro atoms. The van der Waals surface area contributed by atoms with E-state index in [9.17, 15) is 35.9 Å². The van der Waals surface area contributed by atoms with E-state index in [1.807, 2.05) is 6.07 Å². The molecule has 208 valence electrons. The van der Waals surface area contributed by atoms with Crippen molar-refractivity contribution in [1.29, 1.82) is 0 Å². The van der Waals surface area contributed by atoms with Gasteiger partial charge >= 0.3 is 12.4 Å². The van der Waals surface area contributed by atoms with Gasteiger partial charge in [0.15, 0.2) is 0 Å². The Balaban J connectivity index is 1.46. The molecule has 3 N–H and O–H groups in total. The molecule has 1 saturated heterocycles. The Morgan fingerprint density at radius 3 is 2.33 bits per heavy atom. The van der Waals surface area contributed by atoms with Crippen molar-refractivity contribution < 1.29 is 31.1 Å². The van der Waals surface area contributed by atoms with Crippen molar-refractivity contribution in [1.82, 2.24) is 20.6 Å². The number of nitrogens with zero attached hydrogens (tertiary/aromatic N) is 1. The van der Waals surface area contributed by atoms with Crippen LogP contribution in [0.15, 0.2) is 47.4 Å². The number of aromatic nitrogens is 2. The second-order valence-corrected chi connectivity index (χ2v) is 10.4. The van der Waals surface area contributed by atoms with Crippen LogP contribution < -0.4 is 16.2 Å². The molecule has 2 aliphatic rings. The van der Waals surface area contributed by atoms with Crippen molar-refractivity contribution >= 4 is 16.9 Å². The summed E-state index contributed by atoms with van der Waals surface area (Å²) in [7, 11) is 0. The summed E-state index contributed by atoms with van der Waals surface area (Å²) < 4.78 is 79.9. The van der Waals surface area contributed by atoms with Crippen LogP contribution in [-0.4, -0.2) is 29.0 Å². The Labute approximate surface area is 219 Å². The number of H-pyrrole nitrogens is 1. The van der Waals surface area contributed by atoms with Gasteiger partial charge < -0.3 is 15.6 Å². The fourth-order valence-corrected chi connectivity index (χ4v) is 5.48. The first kappa shape index (κ1) is 27.2. The van der Waals surface area contributed by atoms with E-state index >= 15 is 0 Å². The topological polar surface area (TPSA) is 86.9 Å². The number of fused-ring (bicyclic) bond motifs is 1. The summed E-state index contributed by atoms with van der Waals surface area (Å²) in [5.41, 5.74) is -2.58. The van der Waals surface area contributed by atoms with Gasteiger partial charge in [0.25, 0.3) is 5.56 Å². The highest BCUT2D eigenvalue weighted by molar-refractivity contribution is 5.85. The van der Waals surface area contributed by atoms with Crippen LogP contribution in [-0.2, 0) is 23.7 Å². The van der Waals surface area contributed by atoms with Crippen LogP contribution in [0, 0.1) is 11.3 Å². The molecular formula is C27H26F6N4O2. The minimum Gasteiger partial charge on any atom is -0.351 e. The monoisotopic (exact) mass is 552 g/mol. The van der Waals surface area contributed by atoms with E-state index in [0.29, 0.717) is 55.0 Å². The third kappa shape index (κ3) is 5.80. The highest BCUT2D eigenvalue weighted by Crippen LogP contribution is 2.50. The number of rotatable bonds is 7. The predicted octanol–water partition coefficient (Wildman–Crippen LogP) is 5.14. The van der Waals surface area contributed by atoms with Gasteiger partial charge in [-0.25, -0.2) is 4.98 Å². The lowest BCUT2D eigenvalue weighted by molar-refractivity contribution is -0.143. The lowest BCUT2D eigenvalue weighted by atomic mass is 9.68. The average molecular weight is 553 g/mol. The first-order valence-corrected chi connectivity index (χ1v) is 12.6. The number of alkyl halides is 6. The molecule has 6 nitrogen and oxygen atoms in total. The molecule has 1 aliphatic carbocycles. The minimum absolute atomic E-state index is 0.0677. The Kier molecular flexibility index (Phi) is 6.94. The lowest BCUT2D eigenvalue weighted by Crippen LogP contribution is -2.46. The summed E-state index contributed by atoms with van der Waals surface area (Å²) in [5.74, 6) is -0.328. The molecule has 5 rings (SSSR count). The number of halogens is 6. The van der Waals surface area contributed by atoms with Crippen molar-refractivity contribution in [2.24, 2.45) is 11.3 Å². The quantitative estimate of drug-likeness (QED) is 0.355. The largest absolute Gasteiger partial charge is 0.416 e. The molecule has 2 atom stereocenters. The van der Waals surface area contributed by atoms with Crippen LogP contribution in [0.3, 0.4) is 0 Å². The second-order valence-electron chi connectivity index (χ2n) is 10.4. The van der Waals surface area contributed by atoms with Gasteiger partial charge in [0.1, 0.15) is 0 Å². The van der Waals surface area contributed by atoms with E-state index in [2.05, 4.69) is 20.6 Å². The smallest absolute Gasteiger partial charge is 0.351 e. The Hall–Kier alpha value is -3.41. The highest BCUT2D eigenvalue weighted by Gasteiger charge is 2.49. The number of carbonyl (C=O) groups excluding carboxylic acids is 1. The zero-order valence-corrected chi connectivity index (χ0v) is 20.7. The minimum atomic E-state index is -4.97. The maximum atomic E-state index is 13.8. The molecule has 2 heterocycles. The Bertz CT molecular complexity index is 1410. The molecule has 2 unspecified atom stereocenters. The van der Waals surface area contributed by atoms with Gasteiger partial charge in [0, 0.05) is 13.1 Å². The van der Waals surface area contributed by atoms with Crippen LogP contribution in [0.4, 0.5) is 26.3 Å². The second kappa shape index (κ2) is 9.96. The Morgan fingerprint density at radius 2 is 1.74 bits per heavy atom. The van der Waals surface area contributed by atoms with Crippen molar-refractivity contribution in [2.75, 3.05) is 13.1 Å². The number of carbonyl (C=O) groups is 1. The van der Waals surface area contributed by atoms with Crippen LogP contribution in [0.5, 0.6) is 0 Å². The molecule has 2 aromatic carbocycles. The van der Waals surface area contributed by atoms with Crippen LogP contribution in [0.2, 0.25) is 0 Å². The van der Waals surface area contributed by atoms with Gasteiger partial charge in [-0.2, -0.15) is 26.3 Å². The fourth-order valence-electron chi connectivity index (χ4n) is 5.48. The SMILES string of the molecule is O=C(NCc1cc(C(F)(F)F)cc(C(F)(F)F)c1)C1(C(CC2CC2)c2ccc3ncc(=O)[nH]c3c2)CCNC1. The summed E-state index contributed by atoms with van der Waals surface area (Å²) in [6.45, 7) is 0.342. The summed E-state index contributed by atoms with van der Waals surface area (Å²) >= 11 is 0. The van der Waals surface area contributed by atoms with Crippen molar-refractivity contribution in [3.05, 3.63) is 75.2 Å². The Morgan fingerprint density at radius 1 is 1.05 bits per heavy atom. The number of aromatic amines is 1. The summed E-state index contributed by atoms with van der Waals surface area (Å²) in [5, 5.41) is 5.86. The van der Waals surface area contributed by atoms with E-state index < -0.39 is 41.3 Å². The molecule has 1 aliphatic heterocycles. The van der Waals surface area contributed by atoms with Gasteiger partial charge in [-0.3, -0.25) is 9.59 Å². The molecule has 1 aromatic heterocycles. The van der Waals surface area contributed by atoms with E-state index in [1.54, 1.807) is 12.1 Å². The van der Waals surface area contributed by atoms with Gasteiger partial charge in [-0.1, -0.05) is 18.9 Å². The van der Waals surface area contributed by atoms with Gasteiger partial charge in [-0.15, -0.1) is 0 Å². The molecule has 1 saturated carbocycles. The first-order valence-electron chi connectivity index (χ1n) is 12.6. The first-order chi connectivity index (χ1) is 18.3. The van der Waals surface area contributed by atoms with Gasteiger partial charge in [-0.05, 0) is 72.7 Å². The number of amides is 1. The summed E-state index contributed by atoms with van der Waals surface area (Å²) in [6, 6.07) is 6.74. The highest BCUT2D eigenvalue weighted by atomic mass is 19.4. The standard InChI is InChI=1S/C27H26F6N4O2/c28-26(29,30)18-7-16(8-19(11-18)27(31,32)33)12-36-24(39)25(5-6-34-14-25)20(9-15-1-2-15)17-3-4-21-22(10-17)37-23(38)13-35-21/h3-4,7-8,10-11,13,15,20,34H,1-2,5-6,9,12,14H2,(H,36,39)(H,37,38). The van der Waals surface area contributed by atoms with E-state index in [-0.39, 0.29) is 23.1 Å². The summed E-state index contributed by atoms with van der Waals surface area (Å²) in [6.07, 6.45) is -5.62. The summed E-state index contributed by atoms with van der Waals surface area (Å²) in [4.78, 5) is 32.5. The van der Waals surface area contributed by atoms with Crippen LogP contribution in [0.25, 0.3) is 11.0 Å². The van der Waals surface area contributed by atoms with E-state index in [1.165, 1.54) is 6.20 Å².